The lowest BCUT2D eigenvalue weighted by molar-refractivity contribution is -0.122. The standard InChI is InChI=1S/C19H19F2NO3/c1-24-17-5-3-2-4-14(17)15-10-16(15)18(23)22-11-12-6-8-13(9-7-12)25-19(20)21/h2-9,15-16,19H,10-11H2,1H3,(H,22,23)/t15-,16+/m1/s1. The van der Waals surface area contributed by atoms with Crippen LogP contribution < -0.4 is 14.8 Å². The van der Waals surface area contributed by atoms with Crippen molar-refractivity contribution in [3.63, 3.8) is 0 Å². The van der Waals surface area contributed by atoms with Gasteiger partial charge < -0.3 is 14.8 Å². The minimum atomic E-state index is -2.84. The molecule has 1 N–H and O–H groups in total. The van der Waals surface area contributed by atoms with Crippen molar-refractivity contribution in [2.45, 2.75) is 25.5 Å². The maximum Gasteiger partial charge on any atom is 0.387 e. The Morgan fingerprint density at radius 1 is 1.20 bits per heavy atom. The fraction of sp³-hybridized carbons (Fsp3) is 0.316. The highest BCUT2D eigenvalue weighted by Gasteiger charge is 2.45. The van der Waals surface area contributed by atoms with E-state index in [1.165, 1.54) is 12.1 Å². The molecule has 2 aromatic carbocycles. The van der Waals surface area contributed by atoms with Crippen molar-refractivity contribution in [3.05, 3.63) is 59.7 Å². The maximum absolute atomic E-state index is 12.3. The van der Waals surface area contributed by atoms with E-state index in [0.29, 0.717) is 6.54 Å². The number of alkyl halides is 2. The van der Waals surface area contributed by atoms with Gasteiger partial charge in [0, 0.05) is 12.5 Å². The second kappa shape index (κ2) is 7.51. The van der Waals surface area contributed by atoms with Crippen molar-refractivity contribution in [1.82, 2.24) is 5.32 Å². The molecule has 1 aliphatic carbocycles. The number of benzene rings is 2. The van der Waals surface area contributed by atoms with E-state index in [2.05, 4.69) is 10.1 Å². The number of rotatable bonds is 7. The molecule has 2 aromatic rings. The van der Waals surface area contributed by atoms with E-state index >= 15 is 0 Å². The van der Waals surface area contributed by atoms with Gasteiger partial charge in [-0.2, -0.15) is 8.78 Å². The Labute approximate surface area is 144 Å². The summed E-state index contributed by atoms with van der Waals surface area (Å²) >= 11 is 0. The number of carbonyl (C=O) groups excluding carboxylic acids is 1. The van der Waals surface area contributed by atoms with Crippen LogP contribution in [0, 0.1) is 5.92 Å². The summed E-state index contributed by atoms with van der Waals surface area (Å²) in [5.41, 5.74) is 1.88. The zero-order valence-electron chi connectivity index (χ0n) is 13.7. The molecule has 6 heteroatoms. The largest absolute Gasteiger partial charge is 0.496 e. The number of methoxy groups -OCH3 is 1. The fourth-order valence-electron chi connectivity index (χ4n) is 2.91. The van der Waals surface area contributed by atoms with E-state index < -0.39 is 6.61 Å². The number of halogens is 2. The number of carbonyl (C=O) groups is 1. The number of amides is 1. The topological polar surface area (TPSA) is 47.6 Å². The van der Waals surface area contributed by atoms with Gasteiger partial charge in [0.15, 0.2) is 0 Å². The van der Waals surface area contributed by atoms with Crippen LogP contribution in [-0.2, 0) is 11.3 Å². The van der Waals surface area contributed by atoms with Gasteiger partial charge in [0.2, 0.25) is 5.91 Å². The molecule has 0 spiro atoms. The Hall–Kier alpha value is -2.63. The molecule has 0 unspecified atom stereocenters. The molecular weight excluding hydrogens is 328 g/mol. The van der Waals surface area contributed by atoms with Gasteiger partial charge in [-0.05, 0) is 41.7 Å². The van der Waals surface area contributed by atoms with Crippen molar-refractivity contribution in [3.8, 4) is 11.5 Å². The molecule has 3 rings (SSSR count). The average Bonchev–Trinajstić information content (AvgIpc) is 3.41. The molecule has 0 heterocycles. The van der Waals surface area contributed by atoms with Crippen LogP contribution in [0.2, 0.25) is 0 Å². The number of nitrogens with one attached hydrogen (secondary N) is 1. The van der Waals surface area contributed by atoms with E-state index in [1.807, 2.05) is 24.3 Å². The van der Waals surface area contributed by atoms with Crippen molar-refractivity contribution in [2.24, 2.45) is 5.92 Å². The smallest absolute Gasteiger partial charge is 0.387 e. The second-order valence-electron chi connectivity index (χ2n) is 5.93. The Kier molecular flexibility index (Phi) is 5.16. The van der Waals surface area contributed by atoms with Crippen molar-refractivity contribution in [2.75, 3.05) is 7.11 Å². The highest BCUT2D eigenvalue weighted by atomic mass is 19.3. The number of hydrogen-bond donors (Lipinski definition) is 1. The Balaban J connectivity index is 1.52. The molecule has 2 atom stereocenters. The third kappa shape index (κ3) is 4.26. The van der Waals surface area contributed by atoms with Crippen LogP contribution in [0.15, 0.2) is 48.5 Å². The normalized spacial score (nSPS) is 18.7. The highest BCUT2D eigenvalue weighted by Crippen LogP contribution is 2.50. The van der Waals surface area contributed by atoms with E-state index in [-0.39, 0.29) is 23.5 Å². The Morgan fingerprint density at radius 3 is 2.60 bits per heavy atom. The van der Waals surface area contributed by atoms with Gasteiger partial charge in [-0.3, -0.25) is 4.79 Å². The lowest BCUT2D eigenvalue weighted by atomic mass is 10.1. The van der Waals surface area contributed by atoms with Crippen LogP contribution in [0.1, 0.15) is 23.5 Å². The zero-order valence-corrected chi connectivity index (χ0v) is 13.7. The Morgan fingerprint density at radius 2 is 1.92 bits per heavy atom. The number of ether oxygens (including phenoxy) is 2. The predicted octanol–water partition coefficient (Wildman–Crippen LogP) is 3.72. The first kappa shape index (κ1) is 17.2. The molecule has 0 bridgehead atoms. The van der Waals surface area contributed by atoms with Crippen LogP contribution in [-0.4, -0.2) is 19.6 Å². The van der Waals surface area contributed by atoms with Gasteiger partial charge in [-0.1, -0.05) is 30.3 Å². The summed E-state index contributed by atoms with van der Waals surface area (Å²) in [6, 6.07) is 14.0. The van der Waals surface area contributed by atoms with Crippen LogP contribution in [0.4, 0.5) is 8.78 Å². The number of para-hydroxylation sites is 1. The van der Waals surface area contributed by atoms with Crippen molar-refractivity contribution in [1.29, 1.82) is 0 Å². The minimum absolute atomic E-state index is 0.0104. The van der Waals surface area contributed by atoms with E-state index in [4.69, 9.17) is 4.74 Å². The molecule has 4 nitrogen and oxygen atoms in total. The van der Waals surface area contributed by atoms with Crippen LogP contribution in [0.25, 0.3) is 0 Å². The lowest BCUT2D eigenvalue weighted by Crippen LogP contribution is -2.24. The third-order valence-electron chi connectivity index (χ3n) is 4.28. The summed E-state index contributed by atoms with van der Waals surface area (Å²) in [6.07, 6.45) is 0.799. The molecular formula is C19H19F2NO3. The molecule has 1 aliphatic rings. The molecule has 1 saturated carbocycles. The lowest BCUT2D eigenvalue weighted by Gasteiger charge is -2.09. The molecule has 0 aromatic heterocycles. The van der Waals surface area contributed by atoms with Gasteiger partial charge in [0.05, 0.1) is 7.11 Å². The molecule has 1 amide bonds. The molecule has 0 radical (unpaired) electrons. The van der Waals surface area contributed by atoms with Crippen LogP contribution in [0.5, 0.6) is 11.5 Å². The highest BCUT2D eigenvalue weighted by molar-refractivity contribution is 5.83. The predicted molar refractivity (Wildman–Crippen MR) is 88.8 cm³/mol. The van der Waals surface area contributed by atoms with Crippen LogP contribution in [0.3, 0.4) is 0 Å². The Bertz CT molecular complexity index is 734. The maximum atomic E-state index is 12.3. The molecule has 1 fully saturated rings. The second-order valence-corrected chi connectivity index (χ2v) is 5.93. The summed E-state index contributed by atoms with van der Waals surface area (Å²) in [5, 5.41) is 2.89. The van der Waals surface area contributed by atoms with Gasteiger partial charge >= 0.3 is 6.61 Å². The number of hydrogen-bond acceptors (Lipinski definition) is 3. The average molecular weight is 347 g/mol. The van der Waals surface area contributed by atoms with Gasteiger partial charge in [0.1, 0.15) is 11.5 Å². The van der Waals surface area contributed by atoms with Crippen molar-refractivity contribution >= 4 is 5.91 Å². The molecule has 0 aliphatic heterocycles. The first-order valence-corrected chi connectivity index (χ1v) is 8.03. The zero-order chi connectivity index (χ0) is 17.8. The first-order chi connectivity index (χ1) is 12.1. The third-order valence-corrected chi connectivity index (χ3v) is 4.28. The SMILES string of the molecule is COc1ccccc1[C@H]1C[C@@H]1C(=O)NCc1ccc(OC(F)F)cc1. The van der Waals surface area contributed by atoms with E-state index in [1.54, 1.807) is 19.2 Å². The molecule has 0 saturated heterocycles. The fourth-order valence-corrected chi connectivity index (χ4v) is 2.91. The molecule has 132 valence electrons. The van der Waals surface area contributed by atoms with Gasteiger partial charge in [-0.15, -0.1) is 0 Å². The molecule has 25 heavy (non-hydrogen) atoms. The summed E-state index contributed by atoms with van der Waals surface area (Å²) in [7, 11) is 1.62. The summed E-state index contributed by atoms with van der Waals surface area (Å²) < 4.78 is 33.9. The monoisotopic (exact) mass is 347 g/mol. The van der Waals surface area contributed by atoms with E-state index in [9.17, 15) is 13.6 Å². The van der Waals surface area contributed by atoms with Crippen molar-refractivity contribution < 1.29 is 23.0 Å². The summed E-state index contributed by atoms with van der Waals surface area (Å²) in [5.74, 6) is 1.01. The van der Waals surface area contributed by atoms with Gasteiger partial charge in [0.25, 0.3) is 0 Å². The van der Waals surface area contributed by atoms with E-state index in [0.717, 1.165) is 23.3 Å². The quantitative estimate of drug-likeness (QED) is 0.830. The summed E-state index contributed by atoms with van der Waals surface area (Å²) in [4.78, 5) is 12.3. The van der Waals surface area contributed by atoms with Gasteiger partial charge in [-0.25, -0.2) is 0 Å². The van der Waals surface area contributed by atoms with Crippen LogP contribution >= 0.6 is 0 Å². The first-order valence-electron chi connectivity index (χ1n) is 8.03. The summed E-state index contributed by atoms with van der Waals surface area (Å²) in [6.45, 7) is -2.49. The minimum Gasteiger partial charge on any atom is -0.496 e.